The molecule has 1 amide bonds. The molecule has 0 atom stereocenters. The van der Waals surface area contributed by atoms with Crippen LogP contribution in [0.3, 0.4) is 0 Å². The van der Waals surface area contributed by atoms with Crippen molar-refractivity contribution < 1.29 is 13.2 Å². The number of hydrogen-bond acceptors (Lipinski definition) is 3. The van der Waals surface area contributed by atoms with Gasteiger partial charge in [-0.05, 0) is 31.4 Å². The van der Waals surface area contributed by atoms with E-state index in [0.29, 0.717) is 24.2 Å². The minimum Gasteiger partial charge on any atom is -0.337 e. The van der Waals surface area contributed by atoms with Gasteiger partial charge in [0.05, 0.1) is 10.6 Å². The van der Waals surface area contributed by atoms with E-state index < -0.39 is 10.0 Å². The van der Waals surface area contributed by atoms with Crippen molar-refractivity contribution in [2.24, 2.45) is 0 Å². The fourth-order valence-corrected chi connectivity index (χ4v) is 4.71. The van der Waals surface area contributed by atoms with E-state index in [2.05, 4.69) is 6.58 Å². The molecule has 0 aliphatic carbocycles. The number of rotatable bonds is 5. The zero-order valence-corrected chi connectivity index (χ0v) is 14.6. The van der Waals surface area contributed by atoms with Crippen LogP contribution in [0, 0.1) is 0 Å². The summed E-state index contributed by atoms with van der Waals surface area (Å²) in [6, 6.07) is 10.6. The average Bonchev–Trinajstić information content (AvgIpc) is 2.76. The molecule has 24 heavy (non-hydrogen) atoms. The van der Waals surface area contributed by atoms with Crippen LogP contribution in [-0.2, 0) is 14.8 Å². The van der Waals surface area contributed by atoms with Crippen molar-refractivity contribution in [3.8, 4) is 0 Å². The highest BCUT2D eigenvalue weighted by atomic mass is 32.2. The molecule has 0 bridgehead atoms. The Balaban J connectivity index is 2.00. The fourth-order valence-electron chi connectivity index (χ4n) is 3.05. The molecule has 1 heterocycles. The minimum atomic E-state index is -3.70. The van der Waals surface area contributed by atoms with Gasteiger partial charge in [0, 0.05) is 18.5 Å². The highest BCUT2D eigenvalue weighted by Crippen LogP contribution is 2.41. The first-order chi connectivity index (χ1) is 11.4. The number of carbonyl (C=O) groups excluding carboxylic acids is 1. The van der Waals surface area contributed by atoms with Gasteiger partial charge in [-0.2, -0.15) is 0 Å². The normalized spacial score (nSPS) is 14.8. The predicted molar refractivity (Wildman–Crippen MR) is 95.5 cm³/mol. The van der Waals surface area contributed by atoms with Gasteiger partial charge in [0.25, 0.3) is 10.0 Å². The summed E-state index contributed by atoms with van der Waals surface area (Å²) in [6.45, 7) is 8.28. The standard InChI is InChI=1S/C18H20N2O3S/c1-4-19(11-13(2)3)17(21)12-20-15-9-5-7-14-8-6-10-16(18(14)15)24(20,22)23/h5-10H,2,4,11-12H2,1,3H3. The molecule has 2 aromatic rings. The number of sulfonamides is 1. The molecule has 0 unspecified atom stereocenters. The Morgan fingerprint density at radius 1 is 1.21 bits per heavy atom. The van der Waals surface area contributed by atoms with E-state index in [1.807, 2.05) is 32.0 Å². The molecule has 0 radical (unpaired) electrons. The first kappa shape index (κ1) is 16.5. The monoisotopic (exact) mass is 344 g/mol. The first-order valence-corrected chi connectivity index (χ1v) is 9.27. The number of anilines is 1. The molecular formula is C18H20N2O3S. The number of amides is 1. The van der Waals surface area contributed by atoms with E-state index in [1.54, 1.807) is 23.1 Å². The summed E-state index contributed by atoms with van der Waals surface area (Å²) in [5.74, 6) is -0.228. The van der Waals surface area contributed by atoms with Gasteiger partial charge >= 0.3 is 0 Å². The quantitative estimate of drug-likeness (QED) is 0.784. The second-order valence-electron chi connectivity index (χ2n) is 6.01. The van der Waals surface area contributed by atoms with Gasteiger partial charge in [0.2, 0.25) is 5.91 Å². The maximum Gasteiger partial charge on any atom is 0.265 e. The lowest BCUT2D eigenvalue weighted by molar-refractivity contribution is -0.128. The molecular weight excluding hydrogens is 324 g/mol. The molecule has 5 nitrogen and oxygen atoms in total. The van der Waals surface area contributed by atoms with Gasteiger partial charge in [0.15, 0.2) is 0 Å². The zero-order valence-electron chi connectivity index (χ0n) is 13.8. The Bertz CT molecular complexity index is 929. The Morgan fingerprint density at radius 2 is 1.88 bits per heavy atom. The van der Waals surface area contributed by atoms with Crippen molar-refractivity contribution in [2.75, 3.05) is 23.9 Å². The third kappa shape index (κ3) is 2.57. The lowest BCUT2D eigenvalue weighted by Gasteiger charge is -2.25. The summed E-state index contributed by atoms with van der Waals surface area (Å²) in [6.07, 6.45) is 0. The fraction of sp³-hybridized carbons (Fsp3) is 0.278. The first-order valence-electron chi connectivity index (χ1n) is 7.83. The van der Waals surface area contributed by atoms with Crippen molar-refractivity contribution in [1.82, 2.24) is 4.90 Å². The molecule has 126 valence electrons. The van der Waals surface area contributed by atoms with Crippen LogP contribution in [0.4, 0.5) is 5.69 Å². The Hall–Kier alpha value is -2.34. The van der Waals surface area contributed by atoms with Crippen molar-refractivity contribution in [1.29, 1.82) is 0 Å². The van der Waals surface area contributed by atoms with Crippen molar-refractivity contribution in [3.63, 3.8) is 0 Å². The largest absolute Gasteiger partial charge is 0.337 e. The maximum absolute atomic E-state index is 12.9. The summed E-state index contributed by atoms with van der Waals surface area (Å²) in [5.41, 5.74) is 1.43. The van der Waals surface area contributed by atoms with Crippen molar-refractivity contribution in [3.05, 3.63) is 48.6 Å². The number of benzene rings is 2. The molecule has 3 rings (SSSR count). The van der Waals surface area contributed by atoms with E-state index >= 15 is 0 Å². The van der Waals surface area contributed by atoms with E-state index in [-0.39, 0.29) is 17.3 Å². The van der Waals surface area contributed by atoms with Gasteiger partial charge in [-0.15, -0.1) is 0 Å². The number of nitrogens with zero attached hydrogens (tertiary/aromatic N) is 2. The van der Waals surface area contributed by atoms with Crippen LogP contribution in [0.1, 0.15) is 13.8 Å². The second-order valence-corrected chi connectivity index (χ2v) is 7.84. The van der Waals surface area contributed by atoms with Gasteiger partial charge in [-0.1, -0.05) is 36.4 Å². The van der Waals surface area contributed by atoms with Crippen LogP contribution < -0.4 is 4.31 Å². The van der Waals surface area contributed by atoms with Gasteiger partial charge in [0.1, 0.15) is 6.54 Å². The smallest absolute Gasteiger partial charge is 0.265 e. The highest BCUT2D eigenvalue weighted by molar-refractivity contribution is 7.93. The van der Waals surface area contributed by atoms with Crippen molar-refractivity contribution >= 4 is 32.4 Å². The zero-order chi connectivity index (χ0) is 17.5. The lowest BCUT2D eigenvalue weighted by atomic mass is 10.1. The van der Waals surface area contributed by atoms with Crippen LogP contribution in [0.15, 0.2) is 53.4 Å². The third-order valence-electron chi connectivity index (χ3n) is 4.16. The summed E-state index contributed by atoms with van der Waals surface area (Å²) >= 11 is 0. The summed E-state index contributed by atoms with van der Waals surface area (Å²) in [4.78, 5) is 14.5. The van der Waals surface area contributed by atoms with Crippen LogP contribution in [0.25, 0.3) is 10.8 Å². The molecule has 6 heteroatoms. The molecule has 0 fully saturated rings. The molecule has 0 spiro atoms. The molecule has 1 aliphatic rings. The highest BCUT2D eigenvalue weighted by Gasteiger charge is 2.37. The van der Waals surface area contributed by atoms with Crippen LogP contribution in [0.2, 0.25) is 0 Å². The molecule has 0 saturated heterocycles. The van der Waals surface area contributed by atoms with E-state index in [9.17, 15) is 13.2 Å². The Labute approximate surface area is 142 Å². The van der Waals surface area contributed by atoms with Crippen LogP contribution >= 0.6 is 0 Å². The maximum atomic E-state index is 12.9. The average molecular weight is 344 g/mol. The topological polar surface area (TPSA) is 57.7 Å². The number of hydrogen-bond donors (Lipinski definition) is 0. The van der Waals surface area contributed by atoms with Gasteiger partial charge < -0.3 is 4.90 Å². The van der Waals surface area contributed by atoms with Crippen LogP contribution in [-0.4, -0.2) is 38.9 Å². The molecule has 1 aliphatic heterocycles. The predicted octanol–water partition coefficient (Wildman–Crippen LogP) is 2.77. The molecule has 0 N–H and O–H groups in total. The number of likely N-dealkylation sites (N-methyl/N-ethyl adjacent to an activating group) is 1. The Morgan fingerprint density at radius 3 is 2.50 bits per heavy atom. The second kappa shape index (κ2) is 5.94. The lowest BCUT2D eigenvalue weighted by Crippen LogP contribution is -2.42. The van der Waals surface area contributed by atoms with Gasteiger partial charge in [-0.3, -0.25) is 9.10 Å². The third-order valence-corrected chi connectivity index (χ3v) is 5.96. The number of carbonyl (C=O) groups is 1. The van der Waals surface area contributed by atoms with Gasteiger partial charge in [-0.25, -0.2) is 8.42 Å². The van der Waals surface area contributed by atoms with Crippen molar-refractivity contribution in [2.45, 2.75) is 18.7 Å². The minimum absolute atomic E-state index is 0.197. The van der Waals surface area contributed by atoms with E-state index in [4.69, 9.17) is 0 Å². The molecule has 0 saturated carbocycles. The van der Waals surface area contributed by atoms with E-state index in [1.165, 1.54) is 4.31 Å². The Kier molecular flexibility index (Phi) is 4.09. The van der Waals surface area contributed by atoms with Crippen LogP contribution in [0.5, 0.6) is 0 Å². The summed E-state index contributed by atoms with van der Waals surface area (Å²) < 4.78 is 27.0. The summed E-state index contributed by atoms with van der Waals surface area (Å²) in [5, 5.41) is 1.55. The van der Waals surface area contributed by atoms with E-state index in [0.717, 1.165) is 11.0 Å². The molecule has 0 aromatic heterocycles. The summed E-state index contributed by atoms with van der Waals surface area (Å²) in [7, 11) is -3.70. The SMILES string of the molecule is C=C(C)CN(CC)C(=O)CN1c2cccc3cccc(c23)S1(=O)=O. The molecule has 2 aromatic carbocycles.